The van der Waals surface area contributed by atoms with E-state index in [0.717, 1.165) is 24.1 Å². The van der Waals surface area contributed by atoms with Crippen LogP contribution in [0.2, 0.25) is 0 Å². The molecule has 0 atom stereocenters. The summed E-state index contributed by atoms with van der Waals surface area (Å²) in [6.07, 6.45) is 3.01. The molecule has 0 radical (unpaired) electrons. The first-order chi connectivity index (χ1) is 8.01. The lowest BCUT2D eigenvalue weighted by atomic mass is 9.70. The normalized spacial score (nSPS) is 17.2. The van der Waals surface area contributed by atoms with Crippen molar-refractivity contribution in [2.45, 2.75) is 32.7 Å². The van der Waals surface area contributed by atoms with Gasteiger partial charge in [-0.25, -0.2) is 4.79 Å². The van der Waals surface area contributed by atoms with Gasteiger partial charge in [0.05, 0.1) is 6.54 Å². The molecule has 0 spiro atoms. The largest absolute Gasteiger partial charge is 0.477 e. The van der Waals surface area contributed by atoms with Gasteiger partial charge in [0.1, 0.15) is 4.88 Å². The Balaban J connectivity index is 1.89. The summed E-state index contributed by atoms with van der Waals surface area (Å²) >= 11 is 1.20. The molecule has 5 heteroatoms. The van der Waals surface area contributed by atoms with Gasteiger partial charge < -0.3 is 10.4 Å². The van der Waals surface area contributed by atoms with Crippen LogP contribution in [-0.2, 0) is 11.3 Å². The van der Waals surface area contributed by atoms with Crippen LogP contribution in [0.1, 0.15) is 40.7 Å². The fourth-order valence-electron chi connectivity index (χ4n) is 1.90. The third kappa shape index (κ3) is 2.49. The SMILES string of the molecule is CC1(C(=O)NCc2ccc(C(=O)O)s2)CCC1. The first kappa shape index (κ1) is 12.1. The lowest BCUT2D eigenvalue weighted by Crippen LogP contribution is -2.42. The molecule has 92 valence electrons. The quantitative estimate of drug-likeness (QED) is 0.865. The maximum atomic E-state index is 11.8. The van der Waals surface area contributed by atoms with E-state index >= 15 is 0 Å². The van der Waals surface area contributed by atoms with Crippen molar-refractivity contribution in [2.24, 2.45) is 5.41 Å². The Labute approximate surface area is 104 Å². The summed E-state index contributed by atoms with van der Waals surface area (Å²) in [5.41, 5.74) is -0.202. The molecule has 0 saturated heterocycles. The molecule has 0 aliphatic heterocycles. The van der Waals surface area contributed by atoms with Crippen molar-refractivity contribution in [3.8, 4) is 0 Å². The maximum Gasteiger partial charge on any atom is 0.345 e. The second kappa shape index (κ2) is 4.49. The highest BCUT2D eigenvalue weighted by Crippen LogP contribution is 2.40. The minimum Gasteiger partial charge on any atom is -0.477 e. The van der Waals surface area contributed by atoms with Crippen molar-refractivity contribution >= 4 is 23.2 Å². The predicted octanol–water partition coefficient (Wildman–Crippen LogP) is 2.25. The molecule has 1 amide bonds. The van der Waals surface area contributed by atoms with Gasteiger partial charge >= 0.3 is 5.97 Å². The van der Waals surface area contributed by atoms with E-state index in [1.54, 1.807) is 12.1 Å². The molecule has 1 aliphatic carbocycles. The fourth-order valence-corrected chi connectivity index (χ4v) is 2.69. The molecule has 1 aromatic rings. The summed E-state index contributed by atoms with van der Waals surface area (Å²) in [5, 5.41) is 11.6. The Morgan fingerprint density at radius 1 is 1.47 bits per heavy atom. The van der Waals surface area contributed by atoms with Gasteiger partial charge in [0.15, 0.2) is 0 Å². The van der Waals surface area contributed by atoms with Gasteiger partial charge in [-0.15, -0.1) is 11.3 Å². The molecule has 1 heterocycles. The van der Waals surface area contributed by atoms with Gasteiger partial charge in [0.25, 0.3) is 0 Å². The number of rotatable bonds is 4. The summed E-state index contributed by atoms with van der Waals surface area (Å²) in [6, 6.07) is 3.32. The monoisotopic (exact) mass is 253 g/mol. The van der Waals surface area contributed by atoms with Crippen molar-refractivity contribution in [1.82, 2.24) is 5.32 Å². The highest BCUT2D eigenvalue weighted by Gasteiger charge is 2.38. The lowest BCUT2D eigenvalue weighted by molar-refractivity contribution is -0.134. The summed E-state index contributed by atoms with van der Waals surface area (Å²) in [6.45, 7) is 2.40. The van der Waals surface area contributed by atoms with Crippen LogP contribution in [0.4, 0.5) is 0 Å². The van der Waals surface area contributed by atoms with Crippen LogP contribution in [0.25, 0.3) is 0 Å². The molecule has 0 aromatic carbocycles. The standard InChI is InChI=1S/C12H15NO3S/c1-12(5-2-6-12)11(16)13-7-8-3-4-9(17-8)10(14)15/h3-4H,2,5-7H2,1H3,(H,13,16)(H,14,15). The van der Waals surface area contributed by atoms with E-state index in [-0.39, 0.29) is 11.3 Å². The maximum absolute atomic E-state index is 11.8. The first-order valence-electron chi connectivity index (χ1n) is 5.62. The zero-order chi connectivity index (χ0) is 12.5. The molecule has 0 bridgehead atoms. The molecule has 1 aromatic heterocycles. The number of carbonyl (C=O) groups excluding carboxylic acids is 1. The number of carbonyl (C=O) groups is 2. The summed E-state index contributed by atoms with van der Waals surface area (Å²) in [5.74, 6) is -0.840. The third-order valence-electron chi connectivity index (χ3n) is 3.30. The van der Waals surface area contributed by atoms with Crippen molar-refractivity contribution in [3.63, 3.8) is 0 Å². The minimum atomic E-state index is -0.918. The Kier molecular flexibility index (Phi) is 3.19. The smallest absolute Gasteiger partial charge is 0.345 e. The highest BCUT2D eigenvalue weighted by molar-refractivity contribution is 7.13. The van der Waals surface area contributed by atoms with Crippen LogP contribution in [-0.4, -0.2) is 17.0 Å². The van der Waals surface area contributed by atoms with Gasteiger partial charge in [0, 0.05) is 10.3 Å². The average molecular weight is 253 g/mol. The Morgan fingerprint density at radius 3 is 2.65 bits per heavy atom. The number of carboxylic acid groups (broad SMARTS) is 1. The van der Waals surface area contributed by atoms with Gasteiger partial charge in [-0.1, -0.05) is 13.3 Å². The van der Waals surface area contributed by atoms with Crippen LogP contribution in [0, 0.1) is 5.41 Å². The van der Waals surface area contributed by atoms with Crippen LogP contribution >= 0.6 is 11.3 Å². The van der Waals surface area contributed by atoms with Gasteiger partial charge in [-0.3, -0.25) is 4.79 Å². The van der Waals surface area contributed by atoms with Gasteiger partial charge in [-0.05, 0) is 25.0 Å². The van der Waals surface area contributed by atoms with Crippen LogP contribution in [0.5, 0.6) is 0 Å². The summed E-state index contributed by atoms with van der Waals surface area (Å²) < 4.78 is 0. The van der Waals surface area contributed by atoms with E-state index in [2.05, 4.69) is 5.32 Å². The van der Waals surface area contributed by atoms with Crippen molar-refractivity contribution in [1.29, 1.82) is 0 Å². The number of hydrogen-bond donors (Lipinski definition) is 2. The highest BCUT2D eigenvalue weighted by atomic mass is 32.1. The first-order valence-corrected chi connectivity index (χ1v) is 6.43. The van der Waals surface area contributed by atoms with E-state index in [4.69, 9.17) is 5.11 Å². The van der Waals surface area contributed by atoms with E-state index in [1.165, 1.54) is 11.3 Å². The summed E-state index contributed by atoms with van der Waals surface area (Å²) in [4.78, 5) is 23.7. The Bertz CT molecular complexity index is 448. The van der Waals surface area contributed by atoms with Crippen molar-refractivity contribution in [3.05, 3.63) is 21.9 Å². The van der Waals surface area contributed by atoms with E-state index in [9.17, 15) is 9.59 Å². The molecular weight excluding hydrogens is 238 g/mol. The Hall–Kier alpha value is -1.36. The number of amides is 1. The number of carboxylic acids is 1. The van der Waals surface area contributed by atoms with Crippen LogP contribution < -0.4 is 5.32 Å². The molecule has 2 rings (SSSR count). The molecule has 0 unspecified atom stereocenters. The van der Waals surface area contributed by atoms with Crippen LogP contribution in [0.3, 0.4) is 0 Å². The molecular formula is C12H15NO3S. The molecule has 4 nitrogen and oxygen atoms in total. The second-order valence-corrected chi connectivity index (χ2v) is 5.84. The van der Waals surface area contributed by atoms with Crippen molar-refractivity contribution < 1.29 is 14.7 Å². The number of aromatic carboxylic acids is 1. The molecule has 1 fully saturated rings. The lowest BCUT2D eigenvalue weighted by Gasteiger charge is -2.36. The zero-order valence-corrected chi connectivity index (χ0v) is 10.5. The van der Waals surface area contributed by atoms with Gasteiger partial charge in [0.2, 0.25) is 5.91 Å². The van der Waals surface area contributed by atoms with Crippen molar-refractivity contribution in [2.75, 3.05) is 0 Å². The van der Waals surface area contributed by atoms with Gasteiger partial charge in [-0.2, -0.15) is 0 Å². The molecule has 2 N–H and O–H groups in total. The molecule has 1 aliphatic rings. The predicted molar refractivity (Wildman–Crippen MR) is 65.1 cm³/mol. The number of hydrogen-bond acceptors (Lipinski definition) is 3. The second-order valence-electron chi connectivity index (χ2n) is 4.67. The Morgan fingerprint density at radius 2 is 2.18 bits per heavy atom. The average Bonchev–Trinajstić information content (AvgIpc) is 2.71. The number of thiophene rings is 1. The van der Waals surface area contributed by atoms with E-state index in [1.807, 2.05) is 6.92 Å². The molecule has 17 heavy (non-hydrogen) atoms. The molecule has 1 saturated carbocycles. The third-order valence-corrected chi connectivity index (χ3v) is 4.37. The topological polar surface area (TPSA) is 66.4 Å². The van der Waals surface area contributed by atoms with E-state index < -0.39 is 5.97 Å². The number of nitrogens with one attached hydrogen (secondary N) is 1. The minimum absolute atomic E-state index is 0.0778. The summed E-state index contributed by atoms with van der Waals surface area (Å²) in [7, 11) is 0. The van der Waals surface area contributed by atoms with Crippen LogP contribution in [0.15, 0.2) is 12.1 Å². The van der Waals surface area contributed by atoms with E-state index in [0.29, 0.717) is 11.4 Å². The fraction of sp³-hybridized carbons (Fsp3) is 0.500. The zero-order valence-electron chi connectivity index (χ0n) is 9.66.